The van der Waals surface area contributed by atoms with Gasteiger partial charge in [0.25, 0.3) is 5.91 Å². The minimum Gasteiger partial charge on any atom is -0.393 e. The molecule has 30 heavy (non-hydrogen) atoms. The predicted octanol–water partition coefficient (Wildman–Crippen LogP) is 4.02. The van der Waals surface area contributed by atoms with Crippen LogP contribution in [-0.4, -0.2) is 27.7 Å². The van der Waals surface area contributed by atoms with Gasteiger partial charge in [0, 0.05) is 35.7 Å². The van der Waals surface area contributed by atoms with Crippen molar-refractivity contribution in [3.8, 4) is 5.69 Å². The SMILES string of the molecule is NC(=O)c1ccc(-n2cccc2Cc2ccccc2F)cc1NC1CCC(O)CC1. The van der Waals surface area contributed by atoms with Crippen LogP contribution in [-0.2, 0) is 6.42 Å². The van der Waals surface area contributed by atoms with Crippen molar-refractivity contribution in [3.05, 3.63) is 83.4 Å². The minimum atomic E-state index is -0.487. The number of amides is 1. The molecule has 1 heterocycles. The van der Waals surface area contributed by atoms with Crippen molar-refractivity contribution in [2.75, 3.05) is 5.32 Å². The van der Waals surface area contributed by atoms with Crippen molar-refractivity contribution >= 4 is 11.6 Å². The van der Waals surface area contributed by atoms with E-state index in [0.29, 0.717) is 23.2 Å². The maximum absolute atomic E-state index is 14.1. The largest absolute Gasteiger partial charge is 0.393 e. The first kappa shape index (κ1) is 20.2. The molecule has 4 N–H and O–H groups in total. The Morgan fingerprint density at radius 2 is 1.87 bits per heavy atom. The molecule has 3 aromatic rings. The Morgan fingerprint density at radius 3 is 2.60 bits per heavy atom. The number of hydrogen-bond donors (Lipinski definition) is 3. The van der Waals surface area contributed by atoms with Crippen LogP contribution in [0, 0.1) is 5.82 Å². The number of nitrogens with two attached hydrogens (primary N) is 1. The number of primary amides is 1. The maximum atomic E-state index is 14.1. The highest BCUT2D eigenvalue weighted by molar-refractivity contribution is 5.99. The summed E-state index contributed by atoms with van der Waals surface area (Å²) in [4.78, 5) is 12.0. The van der Waals surface area contributed by atoms with E-state index in [-0.39, 0.29) is 18.0 Å². The number of carbonyl (C=O) groups is 1. The van der Waals surface area contributed by atoms with Crippen LogP contribution >= 0.6 is 0 Å². The molecule has 0 aliphatic heterocycles. The second-order valence-corrected chi connectivity index (χ2v) is 7.88. The van der Waals surface area contributed by atoms with Crippen LogP contribution < -0.4 is 11.1 Å². The lowest BCUT2D eigenvalue weighted by Crippen LogP contribution is -2.29. The first-order valence-electron chi connectivity index (χ1n) is 10.3. The minimum absolute atomic E-state index is 0.185. The van der Waals surface area contributed by atoms with E-state index in [1.54, 1.807) is 18.2 Å². The van der Waals surface area contributed by atoms with E-state index in [9.17, 15) is 14.3 Å². The monoisotopic (exact) mass is 407 g/mol. The van der Waals surface area contributed by atoms with Gasteiger partial charge in [-0.25, -0.2) is 4.39 Å². The van der Waals surface area contributed by atoms with E-state index in [1.165, 1.54) is 6.07 Å². The molecule has 1 fully saturated rings. The number of benzene rings is 2. The van der Waals surface area contributed by atoms with Crippen LogP contribution in [0.2, 0.25) is 0 Å². The van der Waals surface area contributed by atoms with E-state index in [0.717, 1.165) is 37.1 Å². The summed E-state index contributed by atoms with van der Waals surface area (Å²) in [6.45, 7) is 0. The van der Waals surface area contributed by atoms with Crippen molar-refractivity contribution in [1.29, 1.82) is 0 Å². The number of aliphatic hydroxyl groups excluding tert-OH is 1. The maximum Gasteiger partial charge on any atom is 0.250 e. The van der Waals surface area contributed by atoms with Crippen LogP contribution in [0.25, 0.3) is 5.69 Å². The van der Waals surface area contributed by atoms with Gasteiger partial charge in [0.1, 0.15) is 5.82 Å². The number of nitrogens with one attached hydrogen (secondary N) is 1. The van der Waals surface area contributed by atoms with Crippen LogP contribution in [0.1, 0.15) is 47.3 Å². The van der Waals surface area contributed by atoms with Crippen LogP contribution in [0.3, 0.4) is 0 Å². The molecule has 1 aliphatic carbocycles. The summed E-state index contributed by atoms with van der Waals surface area (Å²) in [6, 6.07) is 16.3. The van der Waals surface area contributed by atoms with Crippen molar-refractivity contribution in [2.45, 2.75) is 44.2 Å². The van der Waals surface area contributed by atoms with Gasteiger partial charge >= 0.3 is 0 Å². The zero-order valence-corrected chi connectivity index (χ0v) is 16.7. The fourth-order valence-corrected chi connectivity index (χ4v) is 4.11. The van der Waals surface area contributed by atoms with Gasteiger partial charge in [-0.1, -0.05) is 18.2 Å². The van der Waals surface area contributed by atoms with Gasteiger partial charge in [0.05, 0.1) is 11.7 Å². The second kappa shape index (κ2) is 8.71. The third-order valence-corrected chi connectivity index (χ3v) is 5.77. The van der Waals surface area contributed by atoms with E-state index >= 15 is 0 Å². The Kier molecular flexibility index (Phi) is 5.86. The first-order valence-corrected chi connectivity index (χ1v) is 10.3. The van der Waals surface area contributed by atoms with Gasteiger partial charge in [0.15, 0.2) is 0 Å². The van der Waals surface area contributed by atoms with Crippen molar-refractivity contribution in [3.63, 3.8) is 0 Å². The van der Waals surface area contributed by atoms with Crippen molar-refractivity contribution < 1.29 is 14.3 Å². The lowest BCUT2D eigenvalue weighted by Gasteiger charge is -2.28. The molecule has 0 bridgehead atoms. The molecule has 1 amide bonds. The quantitative estimate of drug-likeness (QED) is 0.577. The molecule has 2 aromatic carbocycles. The Balaban J connectivity index is 1.63. The van der Waals surface area contributed by atoms with E-state index in [1.807, 2.05) is 41.1 Å². The van der Waals surface area contributed by atoms with E-state index in [2.05, 4.69) is 5.32 Å². The average molecular weight is 407 g/mol. The molecule has 5 nitrogen and oxygen atoms in total. The van der Waals surface area contributed by atoms with Gasteiger partial charge in [-0.05, 0) is 67.6 Å². The van der Waals surface area contributed by atoms with Crippen molar-refractivity contribution in [2.24, 2.45) is 5.73 Å². The number of anilines is 1. The number of nitrogens with zero attached hydrogens (tertiary/aromatic N) is 1. The molecule has 156 valence electrons. The lowest BCUT2D eigenvalue weighted by molar-refractivity contribution is 0.100. The normalized spacial score (nSPS) is 18.9. The van der Waals surface area contributed by atoms with Crippen LogP contribution in [0.5, 0.6) is 0 Å². The topological polar surface area (TPSA) is 80.3 Å². The zero-order valence-electron chi connectivity index (χ0n) is 16.7. The van der Waals surface area contributed by atoms with Gasteiger partial charge in [-0.15, -0.1) is 0 Å². The highest BCUT2D eigenvalue weighted by atomic mass is 19.1. The standard InChI is InChI=1S/C24H26FN3O2/c25-22-6-2-1-4-16(22)14-18-5-3-13-28(18)19-9-12-21(24(26)30)23(15-19)27-17-7-10-20(29)11-8-17/h1-6,9,12-13,15,17,20,27,29H,7-8,10-11,14H2,(H2,26,30). The van der Waals surface area contributed by atoms with Gasteiger partial charge in [-0.2, -0.15) is 0 Å². The van der Waals surface area contributed by atoms with Crippen LogP contribution in [0.4, 0.5) is 10.1 Å². The number of halogens is 1. The molecule has 0 radical (unpaired) electrons. The van der Waals surface area contributed by atoms with Crippen LogP contribution in [0.15, 0.2) is 60.8 Å². The molecular weight excluding hydrogens is 381 g/mol. The Labute approximate surface area is 175 Å². The third kappa shape index (κ3) is 4.39. The second-order valence-electron chi connectivity index (χ2n) is 7.88. The Bertz CT molecular complexity index is 1040. The lowest BCUT2D eigenvalue weighted by atomic mass is 9.92. The molecule has 1 aliphatic rings. The summed E-state index contributed by atoms with van der Waals surface area (Å²) in [7, 11) is 0. The number of hydrogen-bond acceptors (Lipinski definition) is 3. The molecule has 0 spiro atoms. The zero-order chi connectivity index (χ0) is 21.1. The fourth-order valence-electron chi connectivity index (χ4n) is 4.11. The Morgan fingerprint density at radius 1 is 1.10 bits per heavy atom. The van der Waals surface area contributed by atoms with Gasteiger partial charge in [0.2, 0.25) is 0 Å². The Hall–Kier alpha value is -3.12. The molecule has 4 rings (SSSR count). The molecule has 1 aromatic heterocycles. The summed E-state index contributed by atoms with van der Waals surface area (Å²) < 4.78 is 16.1. The smallest absolute Gasteiger partial charge is 0.250 e. The summed E-state index contributed by atoms with van der Waals surface area (Å²) in [5.74, 6) is -0.713. The van der Waals surface area contributed by atoms with E-state index in [4.69, 9.17) is 5.73 Å². The number of carbonyl (C=O) groups excluding carboxylic acids is 1. The average Bonchev–Trinajstić information content (AvgIpc) is 3.19. The molecule has 0 unspecified atom stereocenters. The number of aromatic nitrogens is 1. The van der Waals surface area contributed by atoms with Gasteiger partial charge in [-0.3, -0.25) is 4.79 Å². The summed E-state index contributed by atoms with van der Waals surface area (Å²) in [5.41, 5.74) is 9.16. The third-order valence-electron chi connectivity index (χ3n) is 5.77. The van der Waals surface area contributed by atoms with E-state index < -0.39 is 5.91 Å². The predicted molar refractivity (Wildman–Crippen MR) is 115 cm³/mol. The van der Waals surface area contributed by atoms with Crippen molar-refractivity contribution in [1.82, 2.24) is 4.57 Å². The fraction of sp³-hybridized carbons (Fsp3) is 0.292. The molecule has 0 atom stereocenters. The first-order chi connectivity index (χ1) is 14.5. The summed E-state index contributed by atoms with van der Waals surface area (Å²) >= 11 is 0. The highest BCUT2D eigenvalue weighted by Crippen LogP contribution is 2.27. The molecule has 6 heteroatoms. The summed E-state index contributed by atoms with van der Waals surface area (Å²) in [6.07, 6.45) is 5.31. The number of aliphatic hydroxyl groups is 1. The van der Waals surface area contributed by atoms with Gasteiger partial charge < -0.3 is 20.7 Å². The molecule has 1 saturated carbocycles. The number of rotatable bonds is 6. The highest BCUT2D eigenvalue weighted by Gasteiger charge is 2.21. The summed E-state index contributed by atoms with van der Waals surface area (Å²) in [5, 5.41) is 13.2. The molecular formula is C24H26FN3O2. The molecule has 0 saturated heterocycles.